The average molecular weight is 470 g/mol. The van der Waals surface area contributed by atoms with Crippen LogP contribution < -0.4 is 4.74 Å². The van der Waals surface area contributed by atoms with Crippen LogP contribution in [0.4, 0.5) is 0 Å². The van der Waals surface area contributed by atoms with Gasteiger partial charge in [-0.15, -0.1) is 0 Å². The van der Waals surface area contributed by atoms with Crippen molar-refractivity contribution in [3.05, 3.63) is 108 Å². The number of esters is 1. The number of phenols is 1. The average Bonchev–Trinajstić information content (AvgIpc) is 2.85. The maximum absolute atomic E-state index is 11.2. The predicted octanol–water partition coefficient (Wildman–Crippen LogP) is 5.73. The van der Waals surface area contributed by atoms with Gasteiger partial charge in [-0.1, -0.05) is 60.7 Å². The molecule has 0 aliphatic heterocycles. The Morgan fingerprint density at radius 1 is 0.629 bits per heavy atom. The number of phenolic OH excluding ortho intramolecular Hbond substituents is 1. The van der Waals surface area contributed by atoms with E-state index in [1.165, 1.54) is 37.3 Å². The minimum Gasteiger partial charge on any atom is -0.508 e. The van der Waals surface area contributed by atoms with Crippen LogP contribution in [0.25, 0.3) is 22.3 Å². The molecule has 0 spiro atoms. The van der Waals surface area contributed by atoms with Gasteiger partial charge in [-0.05, 0) is 58.7 Å². The molecule has 0 aliphatic carbocycles. The lowest BCUT2D eigenvalue weighted by molar-refractivity contribution is -0.131. The van der Waals surface area contributed by atoms with E-state index in [0.717, 1.165) is 11.1 Å². The number of carboxylic acid groups (broad SMARTS) is 2. The van der Waals surface area contributed by atoms with Crippen LogP contribution in [0.1, 0.15) is 27.6 Å². The Kier molecular flexibility index (Phi) is 7.98. The molecule has 0 aromatic heterocycles. The van der Waals surface area contributed by atoms with Gasteiger partial charge in [-0.25, -0.2) is 9.59 Å². The maximum atomic E-state index is 11.2. The second-order valence-electron chi connectivity index (χ2n) is 7.37. The first-order valence-corrected chi connectivity index (χ1v) is 10.5. The number of benzene rings is 4. The quantitative estimate of drug-likeness (QED) is 0.251. The molecule has 0 heterocycles. The van der Waals surface area contributed by atoms with Crippen LogP contribution in [0.3, 0.4) is 0 Å². The standard InChI is InChI=1S/C15H12O4.C13H10O3/c1-10(16)19-12-7-8-13(15(17)18)14(9-12)11-5-3-2-4-6-11;14-10-6-7-11(13(15)16)12(8-10)9-4-2-1-3-5-9/h2-9H,1H3,(H,17,18);1-8,14H,(H,15,16). The molecule has 7 heteroatoms. The number of carbonyl (C=O) groups excluding carboxylic acids is 1. The number of ether oxygens (including phenoxy) is 1. The first-order chi connectivity index (χ1) is 16.8. The topological polar surface area (TPSA) is 121 Å². The third kappa shape index (κ3) is 6.55. The molecule has 0 fully saturated rings. The van der Waals surface area contributed by atoms with E-state index in [1.54, 1.807) is 30.3 Å². The molecule has 0 radical (unpaired) electrons. The Morgan fingerprint density at radius 3 is 1.54 bits per heavy atom. The summed E-state index contributed by atoms with van der Waals surface area (Å²) in [7, 11) is 0. The molecule has 0 amide bonds. The van der Waals surface area contributed by atoms with Crippen molar-refractivity contribution >= 4 is 17.9 Å². The number of aromatic carboxylic acids is 2. The van der Waals surface area contributed by atoms with Crippen molar-refractivity contribution < 1.29 is 34.4 Å². The van der Waals surface area contributed by atoms with Gasteiger partial charge in [-0.3, -0.25) is 4.79 Å². The molecule has 35 heavy (non-hydrogen) atoms. The van der Waals surface area contributed by atoms with Crippen molar-refractivity contribution in [2.24, 2.45) is 0 Å². The Labute approximate surface area is 201 Å². The highest BCUT2D eigenvalue weighted by Crippen LogP contribution is 2.29. The van der Waals surface area contributed by atoms with Crippen LogP contribution in [-0.2, 0) is 4.79 Å². The molecular formula is C28H22O7. The molecule has 7 nitrogen and oxygen atoms in total. The first-order valence-electron chi connectivity index (χ1n) is 10.5. The molecule has 4 rings (SSSR count). The number of carbonyl (C=O) groups is 3. The third-order valence-electron chi connectivity index (χ3n) is 4.89. The fourth-order valence-corrected chi connectivity index (χ4v) is 3.37. The first kappa shape index (κ1) is 24.7. The predicted molar refractivity (Wildman–Crippen MR) is 131 cm³/mol. The molecule has 0 atom stereocenters. The fourth-order valence-electron chi connectivity index (χ4n) is 3.37. The van der Waals surface area contributed by atoms with Crippen LogP contribution in [0.15, 0.2) is 97.1 Å². The summed E-state index contributed by atoms with van der Waals surface area (Å²) >= 11 is 0. The molecule has 0 bridgehead atoms. The van der Waals surface area contributed by atoms with Gasteiger partial charge in [-0.2, -0.15) is 0 Å². The van der Waals surface area contributed by atoms with Crippen LogP contribution in [0.2, 0.25) is 0 Å². The lowest BCUT2D eigenvalue weighted by Gasteiger charge is -2.09. The minimum atomic E-state index is -1.02. The van der Waals surface area contributed by atoms with Crippen molar-refractivity contribution in [3.8, 4) is 33.8 Å². The van der Waals surface area contributed by atoms with Gasteiger partial charge >= 0.3 is 17.9 Å². The van der Waals surface area contributed by atoms with Gasteiger partial charge in [0.25, 0.3) is 0 Å². The Morgan fingerprint density at radius 2 is 1.09 bits per heavy atom. The minimum absolute atomic E-state index is 0.0591. The van der Waals surface area contributed by atoms with E-state index in [-0.39, 0.29) is 16.9 Å². The zero-order chi connectivity index (χ0) is 25.4. The molecule has 0 saturated carbocycles. The summed E-state index contributed by atoms with van der Waals surface area (Å²) in [6.45, 7) is 1.30. The van der Waals surface area contributed by atoms with E-state index in [9.17, 15) is 24.6 Å². The fraction of sp³-hybridized carbons (Fsp3) is 0.0357. The van der Waals surface area contributed by atoms with Crippen molar-refractivity contribution in [2.45, 2.75) is 6.92 Å². The summed E-state index contributed by atoms with van der Waals surface area (Å²) in [5.41, 5.74) is 2.93. The summed E-state index contributed by atoms with van der Waals surface area (Å²) < 4.78 is 4.98. The molecule has 4 aromatic carbocycles. The largest absolute Gasteiger partial charge is 0.508 e. The highest BCUT2D eigenvalue weighted by atomic mass is 16.5. The van der Waals surface area contributed by atoms with Gasteiger partial charge in [0.05, 0.1) is 11.1 Å². The summed E-state index contributed by atoms with van der Waals surface area (Å²) in [5, 5.41) is 27.6. The highest BCUT2D eigenvalue weighted by Gasteiger charge is 2.14. The lowest BCUT2D eigenvalue weighted by atomic mass is 9.99. The Balaban J connectivity index is 0.000000198. The second kappa shape index (κ2) is 11.3. The smallest absolute Gasteiger partial charge is 0.336 e. The monoisotopic (exact) mass is 470 g/mol. The van der Waals surface area contributed by atoms with Crippen LogP contribution in [0.5, 0.6) is 11.5 Å². The normalized spacial score (nSPS) is 9.97. The van der Waals surface area contributed by atoms with E-state index in [2.05, 4.69) is 0 Å². The van der Waals surface area contributed by atoms with E-state index in [0.29, 0.717) is 16.9 Å². The number of rotatable bonds is 5. The van der Waals surface area contributed by atoms with Crippen molar-refractivity contribution in [1.29, 1.82) is 0 Å². The molecule has 176 valence electrons. The molecular weight excluding hydrogens is 448 g/mol. The van der Waals surface area contributed by atoms with E-state index >= 15 is 0 Å². The second-order valence-corrected chi connectivity index (χ2v) is 7.37. The van der Waals surface area contributed by atoms with E-state index in [1.807, 2.05) is 36.4 Å². The zero-order valence-corrected chi connectivity index (χ0v) is 18.7. The molecule has 0 aliphatic rings. The summed E-state index contributed by atoms with van der Waals surface area (Å²) in [6, 6.07) is 26.9. The Hall–Kier alpha value is -4.91. The van der Waals surface area contributed by atoms with Crippen molar-refractivity contribution in [2.75, 3.05) is 0 Å². The lowest BCUT2D eigenvalue weighted by Crippen LogP contribution is -2.04. The van der Waals surface area contributed by atoms with Crippen molar-refractivity contribution in [1.82, 2.24) is 0 Å². The zero-order valence-electron chi connectivity index (χ0n) is 18.7. The van der Waals surface area contributed by atoms with E-state index < -0.39 is 17.9 Å². The van der Waals surface area contributed by atoms with Gasteiger partial charge in [0.2, 0.25) is 0 Å². The van der Waals surface area contributed by atoms with Crippen molar-refractivity contribution in [3.63, 3.8) is 0 Å². The summed E-state index contributed by atoms with van der Waals surface area (Å²) in [5.74, 6) is -2.07. The number of hydrogen-bond acceptors (Lipinski definition) is 5. The van der Waals surface area contributed by atoms with Gasteiger partial charge in [0.1, 0.15) is 11.5 Å². The van der Waals surface area contributed by atoms with Gasteiger partial charge in [0.15, 0.2) is 0 Å². The SMILES string of the molecule is CC(=O)Oc1ccc(C(=O)O)c(-c2ccccc2)c1.O=C(O)c1ccc(O)cc1-c1ccccc1. The molecule has 0 unspecified atom stereocenters. The maximum Gasteiger partial charge on any atom is 0.336 e. The third-order valence-corrected chi connectivity index (χ3v) is 4.89. The molecule has 0 saturated heterocycles. The summed E-state index contributed by atoms with van der Waals surface area (Å²) in [4.78, 5) is 33.2. The molecule has 4 aromatic rings. The molecule has 3 N–H and O–H groups in total. The number of aromatic hydroxyl groups is 1. The highest BCUT2D eigenvalue weighted by molar-refractivity contribution is 5.97. The number of hydrogen-bond donors (Lipinski definition) is 3. The van der Waals surface area contributed by atoms with Crippen LogP contribution in [0, 0.1) is 0 Å². The summed E-state index contributed by atoms with van der Waals surface area (Å²) in [6.07, 6.45) is 0. The van der Waals surface area contributed by atoms with Crippen LogP contribution >= 0.6 is 0 Å². The van der Waals surface area contributed by atoms with E-state index in [4.69, 9.17) is 9.84 Å². The van der Waals surface area contributed by atoms with Crippen LogP contribution in [-0.4, -0.2) is 33.2 Å². The Bertz CT molecular complexity index is 1350. The number of carboxylic acids is 2. The van der Waals surface area contributed by atoms with Gasteiger partial charge < -0.3 is 20.1 Å². The van der Waals surface area contributed by atoms with Gasteiger partial charge in [0, 0.05) is 6.92 Å².